The zero-order chi connectivity index (χ0) is 13.3. The van der Waals surface area contributed by atoms with Gasteiger partial charge in [0.1, 0.15) is 5.15 Å². The van der Waals surface area contributed by atoms with Gasteiger partial charge in [-0.2, -0.15) is 11.8 Å². The van der Waals surface area contributed by atoms with E-state index in [9.17, 15) is 4.79 Å². The monoisotopic (exact) mass is 304 g/mol. The van der Waals surface area contributed by atoms with Crippen LogP contribution in [0.3, 0.4) is 0 Å². The molecule has 0 N–H and O–H groups in total. The summed E-state index contributed by atoms with van der Waals surface area (Å²) in [4.78, 5) is 18.2. The summed E-state index contributed by atoms with van der Waals surface area (Å²) in [5, 5.41) is 0.983. The highest BCUT2D eigenvalue weighted by molar-refractivity contribution is 8.00. The molecule has 0 spiro atoms. The second kappa shape index (κ2) is 5.68. The third-order valence-corrected chi connectivity index (χ3v) is 5.21. The Balaban J connectivity index is 2.22. The normalized spacial score (nSPS) is 24.1. The lowest BCUT2D eigenvalue weighted by Gasteiger charge is -2.37. The van der Waals surface area contributed by atoms with Crippen LogP contribution in [0.25, 0.3) is 0 Å². The van der Waals surface area contributed by atoms with Crippen LogP contribution in [-0.4, -0.2) is 39.4 Å². The lowest BCUT2D eigenvalue weighted by atomic mass is 10.1. The molecule has 0 saturated carbocycles. The van der Waals surface area contributed by atoms with E-state index in [0.717, 1.165) is 12.3 Å². The van der Waals surface area contributed by atoms with Gasteiger partial charge in [-0.15, -0.1) is 0 Å². The Bertz CT molecular complexity index is 469. The van der Waals surface area contributed by atoms with E-state index in [1.807, 2.05) is 16.7 Å². The molecule has 1 aliphatic rings. The van der Waals surface area contributed by atoms with Crippen molar-refractivity contribution in [2.45, 2.75) is 25.1 Å². The molecule has 1 saturated heterocycles. The maximum atomic E-state index is 12.4. The molecular formula is C12H14Cl2N2OS. The van der Waals surface area contributed by atoms with Crippen molar-refractivity contribution in [1.29, 1.82) is 0 Å². The Morgan fingerprint density at radius 3 is 2.89 bits per heavy atom. The van der Waals surface area contributed by atoms with Crippen molar-refractivity contribution in [2.75, 3.05) is 12.3 Å². The number of thioether (sulfide) groups is 1. The zero-order valence-corrected chi connectivity index (χ0v) is 12.5. The Morgan fingerprint density at radius 2 is 2.22 bits per heavy atom. The number of halogens is 2. The lowest BCUT2D eigenvalue weighted by molar-refractivity contribution is 0.0698. The average molecular weight is 305 g/mol. The molecule has 2 unspecified atom stereocenters. The number of nitrogens with zero attached hydrogens (tertiary/aromatic N) is 2. The van der Waals surface area contributed by atoms with E-state index < -0.39 is 0 Å². The van der Waals surface area contributed by atoms with E-state index in [2.05, 4.69) is 18.8 Å². The largest absolute Gasteiger partial charge is 0.334 e. The fourth-order valence-corrected chi connectivity index (χ4v) is 3.29. The van der Waals surface area contributed by atoms with Gasteiger partial charge in [-0.05, 0) is 13.0 Å². The van der Waals surface area contributed by atoms with Crippen LogP contribution in [0.5, 0.6) is 0 Å². The average Bonchev–Trinajstić information content (AvgIpc) is 2.35. The quantitative estimate of drug-likeness (QED) is 0.746. The predicted octanol–water partition coefficient (Wildman–Crippen LogP) is 3.35. The van der Waals surface area contributed by atoms with E-state index in [0.29, 0.717) is 15.8 Å². The van der Waals surface area contributed by atoms with E-state index in [1.165, 1.54) is 6.20 Å². The number of pyridine rings is 1. The van der Waals surface area contributed by atoms with Crippen LogP contribution < -0.4 is 0 Å². The van der Waals surface area contributed by atoms with Gasteiger partial charge in [0.15, 0.2) is 0 Å². The number of amides is 1. The molecule has 18 heavy (non-hydrogen) atoms. The van der Waals surface area contributed by atoms with Gasteiger partial charge in [-0.1, -0.05) is 30.1 Å². The van der Waals surface area contributed by atoms with E-state index in [-0.39, 0.29) is 17.1 Å². The van der Waals surface area contributed by atoms with E-state index in [1.54, 1.807) is 6.07 Å². The topological polar surface area (TPSA) is 33.2 Å². The minimum atomic E-state index is -0.0271. The van der Waals surface area contributed by atoms with Gasteiger partial charge in [0.2, 0.25) is 0 Å². The van der Waals surface area contributed by atoms with Crippen LogP contribution in [0.2, 0.25) is 10.2 Å². The first kappa shape index (κ1) is 14.0. The molecular weight excluding hydrogens is 291 g/mol. The molecule has 0 radical (unpaired) electrons. The van der Waals surface area contributed by atoms with Crippen LogP contribution in [0.1, 0.15) is 24.2 Å². The van der Waals surface area contributed by atoms with Crippen LogP contribution in [-0.2, 0) is 0 Å². The molecule has 1 aliphatic heterocycles. The number of carbonyl (C=O) groups is 1. The van der Waals surface area contributed by atoms with Gasteiger partial charge in [0.05, 0.1) is 10.6 Å². The summed E-state index contributed by atoms with van der Waals surface area (Å²) in [6.07, 6.45) is 1.48. The first-order valence-electron chi connectivity index (χ1n) is 5.74. The fourth-order valence-electron chi connectivity index (χ4n) is 1.92. The number of rotatable bonds is 1. The Morgan fingerprint density at radius 1 is 1.50 bits per heavy atom. The highest BCUT2D eigenvalue weighted by atomic mass is 35.5. The fraction of sp³-hybridized carbons (Fsp3) is 0.500. The van der Waals surface area contributed by atoms with Gasteiger partial charge >= 0.3 is 0 Å². The molecule has 1 fully saturated rings. The zero-order valence-electron chi connectivity index (χ0n) is 10.2. The second-order valence-electron chi connectivity index (χ2n) is 4.31. The standard InChI is InChI=1S/C12H14Cl2N2OS/c1-7-8(2)18-4-3-16(7)12(17)9-5-10(13)11(14)15-6-9/h5-8H,3-4H2,1-2H3. The SMILES string of the molecule is CC1SCCN(C(=O)c2cnc(Cl)c(Cl)c2)C1C. The smallest absolute Gasteiger partial charge is 0.255 e. The third-order valence-electron chi connectivity index (χ3n) is 3.19. The summed E-state index contributed by atoms with van der Waals surface area (Å²) in [6.45, 7) is 4.97. The minimum absolute atomic E-state index is 0.0271. The Kier molecular flexibility index (Phi) is 4.41. The Hall–Kier alpha value is -0.450. The summed E-state index contributed by atoms with van der Waals surface area (Å²) in [5.74, 6) is 0.937. The molecule has 0 aromatic carbocycles. The molecule has 1 aromatic heterocycles. The van der Waals surface area contributed by atoms with Crippen LogP contribution in [0.4, 0.5) is 0 Å². The molecule has 0 bridgehead atoms. The molecule has 3 nitrogen and oxygen atoms in total. The molecule has 6 heteroatoms. The highest BCUT2D eigenvalue weighted by Crippen LogP contribution is 2.27. The van der Waals surface area contributed by atoms with Crippen molar-refractivity contribution in [3.05, 3.63) is 28.0 Å². The number of carbonyl (C=O) groups excluding carboxylic acids is 1. The van der Waals surface area contributed by atoms with Crippen LogP contribution in [0, 0.1) is 0 Å². The number of hydrogen-bond acceptors (Lipinski definition) is 3. The van der Waals surface area contributed by atoms with Crippen molar-refractivity contribution in [2.24, 2.45) is 0 Å². The molecule has 98 valence electrons. The predicted molar refractivity (Wildman–Crippen MR) is 76.7 cm³/mol. The molecule has 1 amide bonds. The highest BCUT2D eigenvalue weighted by Gasteiger charge is 2.29. The van der Waals surface area contributed by atoms with Gasteiger partial charge in [-0.3, -0.25) is 4.79 Å². The van der Waals surface area contributed by atoms with Gasteiger partial charge in [0.25, 0.3) is 5.91 Å². The lowest BCUT2D eigenvalue weighted by Crippen LogP contribution is -2.48. The molecule has 2 atom stereocenters. The van der Waals surface area contributed by atoms with Crippen molar-refractivity contribution in [3.63, 3.8) is 0 Å². The summed E-state index contributed by atoms with van der Waals surface area (Å²) in [5.41, 5.74) is 0.496. The van der Waals surface area contributed by atoms with E-state index >= 15 is 0 Å². The van der Waals surface area contributed by atoms with E-state index in [4.69, 9.17) is 23.2 Å². The summed E-state index contributed by atoms with van der Waals surface area (Å²) in [6, 6.07) is 1.80. The second-order valence-corrected chi connectivity index (χ2v) is 6.56. The molecule has 2 heterocycles. The summed E-state index contributed by atoms with van der Waals surface area (Å²) in [7, 11) is 0. The van der Waals surface area contributed by atoms with Crippen molar-refractivity contribution >= 4 is 40.9 Å². The van der Waals surface area contributed by atoms with Crippen molar-refractivity contribution in [3.8, 4) is 0 Å². The first-order chi connectivity index (χ1) is 8.50. The number of hydrogen-bond donors (Lipinski definition) is 0. The van der Waals surface area contributed by atoms with Gasteiger partial charge in [0, 0.05) is 29.8 Å². The van der Waals surface area contributed by atoms with Crippen molar-refractivity contribution in [1.82, 2.24) is 9.88 Å². The maximum Gasteiger partial charge on any atom is 0.255 e. The summed E-state index contributed by atoms with van der Waals surface area (Å²) >= 11 is 13.5. The van der Waals surface area contributed by atoms with Crippen molar-refractivity contribution < 1.29 is 4.79 Å². The molecule has 2 rings (SSSR count). The summed E-state index contributed by atoms with van der Waals surface area (Å²) < 4.78 is 0. The molecule has 1 aromatic rings. The third kappa shape index (κ3) is 2.76. The van der Waals surface area contributed by atoms with Gasteiger partial charge < -0.3 is 4.90 Å². The minimum Gasteiger partial charge on any atom is -0.334 e. The Labute approximate surface area is 121 Å². The van der Waals surface area contributed by atoms with Gasteiger partial charge in [-0.25, -0.2) is 4.98 Å². The molecule has 0 aliphatic carbocycles. The maximum absolute atomic E-state index is 12.4. The van der Waals surface area contributed by atoms with Crippen LogP contribution in [0.15, 0.2) is 12.3 Å². The van der Waals surface area contributed by atoms with Crippen LogP contribution >= 0.6 is 35.0 Å². The number of aromatic nitrogens is 1. The first-order valence-corrected chi connectivity index (χ1v) is 7.55.